The van der Waals surface area contributed by atoms with Gasteiger partial charge in [0.25, 0.3) is 0 Å². The predicted molar refractivity (Wildman–Crippen MR) is 128 cm³/mol. The van der Waals surface area contributed by atoms with E-state index in [1.807, 2.05) is 29.2 Å². The lowest BCUT2D eigenvalue weighted by Crippen LogP contribution is -2.50. The van der Waals surface area contributed by atoms with Crippen molar-refractivity contribution < 1.29 is 24.1 Å². The molecule has 0 aromatic heterocycles. The molecule has 2 atom stereocenters. The molecule has 0 unspecified atom stereocenters. The van der Waals surface area contributed by atoms with Crippen LogP contribution in [-0.4, -0.2) is 117 Å². The summed E-state index contributed by atoms with van der Waals surface area (Å²) < 4.78 is 16.5. The molecule has 0 spiro atoms. The second-order valence-electron chi connectivity index (χ2n) is 8.79. The fraction of sp³-hybridized carbons (Fsp3) is 0.640. The molecular weight excluding hydrogens is 422 g/mol. The Morgan fingerprint density at radius 1 is 1.21 bits per heavy atom. The molecule has 184 valence electrons. The average molecular weight is 462 g/mol. The number of aliphatic hydroxyl groups is 1. The lowest BCUT2D eigenvalue weighted by atomic mass is 10.1. The Kier molecular flexibility index (Phi) is 10.6. The standard InChI is InChI=1S/C25H39N3O5/c1-3-14-32-20-22(29)17-27-13-15-33-24(19-27)18-26-9-4-10-28(12-11-26)25(30)16-21-5-7-23(31-2)8-6-21/h3,5-8,22,24,29H,1,4,9-20H2,2H3/t22-,24+/m0/s1. The van der Waals surface area contributed by atoms with Crippen LogP contribution < -0.4 is 4.74 Å². The number of ether oxygens (including phenoxy) is 3. The van der Waals surface area contributed by atoms with Gasteiger partial charge >= 0.3 is 0 Å². The number of methoxy groups -OCH3 is 1. The molecule has 2 saturated heterocycles. The summed E-state index contributed by atoms with van der Waals surface area (Å²) in [6.07, 6.45) is 2.67. The van der Waals surface area contributed by atoms with Crippen LogP contribution in [0, 0.1) is 0 Å². The second kappa shape index (κ2) is 13.7. The van der Waals surface area contributed by atoms with Crippen molar-refractivity contribution in [2.45, 2.75) is 25.0 Å². The van der Waals surface area contributed by atoms with Crippen LogP contribution in [-0.2, 0) is 20.7 Å². The van der Waals surface area contributed by atoms with E-state index in [0.29, 0.717) is 32.8 Å². The number of β-amino-alcohol motifs (C(OH)–C–C–N with tert-alkyl or cyclic N) is 1. The SMILES string of the molecule is C=CCOC[C@@H](O)CN1CCO[C@H](CN2CCCN(C(=O)Cc3ccc(OC)cc3)CC2)C1. The maximum atomic E-state index is 12.8. The van der Waals surface area contributed by atoms with E-state index >= 15 is 0 Å². The molecule has 33 heavy (non-hydrogen) atoms. The zero-order valence-electron chi connectivity index (χ0n) is 19.9. The van der Waals surface area contributed by atoms with E-state index in [0.717, 1.165) is 63.5 Å². The number of aliphatic hydroxyl groups excluding tert-OH is 1. The third-order valence-corrected chi connectivity index (χ3v) is 6.16. The number of amides is 1. The van der Waals surface area contributed by atoms with Crippen LogP contribution in [0.4, 0.5) is 0 Å². The van der Waals surface area contributed by atoms with E-state index < -0.39 is 6.10 Å². The monoisotopic (exact) mass is 461 g/mol. The van der Waals surface area contributed by atoms with Crippen LogP contribution in [0.2, 0.25) is 0 Å². The molecule has 2 heterocycles. The zero-order chi connectivity index (χ0) is 23.5. The summed E-state index contributed by atoms with van der Waals surface area (Å²) in [5.74, 6) is 0.977. The van der Waals surface area contributed by atoms with E-state index in [9.17, 15) is 9.90 Å². The van der Waals surface area contributed by atoms with Crippen LogP contribution in [0.15, 0.2) is 36.9 Å². The molecule has 1 aromatic carbocycles. The first kappa shape index (κ1) is 25.6. The summed E-state index contributed by atoms with van der Waals surface area (Å²) in [6.45, 7) is 11.5. The molecule has 0 bridgehead atoms. The van der Waals surface area contributed by atoms with E-state index in [1.54, 1.807) is 13.2 Å². The highest BCUT2D eigenvalue weighted by molar-refractivity contribution is 5.78. The lowest BCUT2D eigenvalue weighted by Gasteiger charge is -2.36. The van der Waals surface area contributed by atoms with Crippen LogP contribution >= 0.6 is 0 Å². The number of morpholine rings is 1. The number of rotatable bonds is 11. The van der Waals surface area contributed by atoms with Crippen molar-refractivity contribution in [1.82, 2.24) is 14.7 Å². The molecule has 3 rings (SSSR count). The molecule has 0 radical (unpaired) electrons. The van der Waals surface area contributed by atoms with Gasteiger partial charge in [0, 0.05) is 45.8 Å². The van der Waals surface area contributed by atoms with Gasteiger partial charge < -0.3 is 24.2 Å². The van der Waals surface area contributed by atoms with Gasteiger partial charge in [0.15, 0.2) is 0 Å². The molecule has 2 aliphatic rings. The van der Waals surface area contributed by atoms with Crippen LogP contribution in [0.1, 0.15) is 12.0 Å². The first-order valence-electron chi connectivity index (χ1n) is 11.9. The fourth-order valence-electron chi connectivity index (χ4n) is 4.42. The van der Waals surface area contributed by atoms with Crippen molar-refractivity contribution >= 4 is 5.91 Å². The average Bonchev–Trinajstić information content (AvgIpc) is 3.05. The van der Waals surface area contributed by atoms with Crippen LogP contribution in [0.3, 0.4) is 0 Å². The number of hydrogen-bond donors (Lipinski definition) is 1. The smallest absolute Gasteiger partial charge is 0.227 e. The van der Waals surface area contributed by atoms with Gasteiger partial charge in [-0.2, -0.15) is 0 Å². The summed E-state index contributed by atoms with van der Waals surface area (Å²) in [5, 5.41) is 10.2. The summed E-state index contributed by atoms with van der Waals surface area (Å²) in [6, 6.07) is 7.70. The number of benzene rings is 1. The minimum atomic E-state index is -0.507. The van der Waals surface area contributed by atoms with Crippen molar-refractivity contribution in [1.29, 1.82) is 0 Å². The molecule has 1 aromatic rings. The van der Waals surface area contributed by atoms with Crippen molar-refractivity contribution in [2.24, 2.45) is 0 Å². The normalized spacial score (nSPS) is 21.4. The van der Waals surface area contributed by atoms with Gasteiger partial charge in [-0.25, -0.2) is 0 Å². The van der Waals surface area contributed by atoms with Gasteiger partial charge in [-0.1, -0.05) is 18.2 Å². The Bertz CT molecular complexity index is 729. The molecule has 2 aliphatic heterocycles. The first-order valence-corrected chi connectivity index (χ1v) is 11.9. The van der Waals surface area contributed by atoms with Gasteiger partial charge in [0.2, 0.25) is 5.91 Å². The van der Waals surface area contributed by atoms with Crippen molar-refractivity contribution in [3.8, 4) is 5.75 Å². The summed E-state index contributed by atoms with van der Waals surface area (Å²) >= 11 is 0. The van der Waals surface area contributed by atoms with Gasteiger partial charge in [0.05, 0.1) is 45.6 Å². The quantitative estimate of drug-likeness (QED) is 0.390. The van der Waals surface area contributed by atoms with Crippen molar-refractivity contribution in [3.63, 3.8) is 0 Å². The number of carbonyl (C=O) groups excluding carboxylic acids is 1. The fourth-order valence-corrected chi connectivity index (χ4v) is 4.42. The van der Waals surface area contributed by atoms with E-state index in [4.69, 9.17) is 14.2 Å². The van der Waals surface area contributed by atoms with Crippen molar-refractivity contribution in [2.75, 3.05) is 79.3 Å². The molecule has 1 N–H and O–H groups in total. The molecule has 0 saturated carbocycles. The Labute approximate surface area is 197 Å². The Morgan fingerprint density at radius 3 is 2.79 bits per heavy atom. The Hall–Kier alpha value is -1.97. The highest BCUT2D eigenvalue weighted by Gasteiger charge is 2.26. The van der Waals surface area contributed by atoms with Gasteiger partial charge in [-0.05, 0) is 30.7 Å². The molecular formula is C25H39N3O5. The molecule has 8 nitrogen and oxygen atoms in total. The largest absolute Gasteiger partial charge is 0.497 e. The molecule has 1 amide bonds. The summed E-state index contributed by atoms with van der Waals surface area (Å²) in [7, 11) is 1.64. The third kappa shape index (κ3) is 8.72. The summed E-state index contributed by atoms with van der Waals surface area (Å²) in [5.41, 5.74) is 1.01. The zero-order valence-corrected chi connectivity index (χ0v) is 19.9. The highest BCUT2D eigenvalue weighted by atomic mass is 16.5. The molecule has 2 fully saturated rings. The van der Waals surface area contributed by atoms with Crippen molar-refractivity contribution in [3.05, 3.63) is 42.5 Å². The number of hydrogen-bond acceptors (Lipinski definition) is 7. The molecule has 8 heteroatoms. The minimum Gasteiger partial charge on any atom is -0.497 e. The maximum absolute atomic E-state index is 12.8. The first-order chi connectivity index (χ1) is 16.1. The van der Waals surface area contributed by atoms with Gasteiger partial charge in [-0.15, -0.1) is 6.58 Å². The predicted octanol–water partition coefficient (Wildman–Crippen LogP) is 1.04. The molecule has 0 aliphatic carbocycles. The van der Waals surface area contributed by atoms with Crippen LogP contribution in [0.5, 0.6) is 5.75 Å². The number of nitrogens with zero attached hydrogens (tertiary/aromatic N) is 3. The van der Waals surface area contributed by atoms with Gasteiger partial charge in [0.1, 0.15) is 5.75 Å². The van der Waals surface area contributed by atoms with E-state index in [-0.39, 0.29) is 12.0 Å². The minimum absolute atomic E-state index is 0.113. The summed E-state index contributed by atoms with van der Waals surface area (Å²) in [4.78, 5) is 19.5. The third-order valence-electron chi connectivity index (χ3n) is 6.16. The van der Waals surface area contributed by atoms with E-state index in [2.05, 4.69) is 16.4 Å². The lowest BCUT2D eigenvalue weighted by molar-refractivity contribution is -0.130. The Balaban J connectivity index is 1.40. The second-order valence-corrected chi connectivity index (χ2v) is 8.79. The highest BCUT2D eigenvalue weighted by Crippen LogP contribution is 2.14. The number of carbonyl (C=O) groups is 1. The van der Waals surface area contributed by atoms with Crippen LogP contribution in [0.25, 0.3) is 0 Å². The topological polar surface area (TPSA) is 74.7 Å². The van der Waals surface area contributed by atoms with Gasteiger partial charge in [-0.3, -0.25) is 14.6 Å². The van der Waals surface area contributed by atoms with E-state index in [1.165, 1.54) is 0 Å². The Morgan fingerprint density at radius 2 is 2.03 bits per heavy atom. The maximum Gasteiger partial charge on any atom is 0.227 e.